The number of hydrogen-bond donors (Lipinski definition) is 1. The van der Waals surface area contributed by atoms with Crippen LogP contribution < -0.4 is 10.2 Å². The van der Waals surface area contributed by atoms with Gasteiger partial charge in [-0.15, -0.1) is 0 Å². The van der Waals surface area contributed by atoms with Crippen LogP contribution in [0.5, 0.6) is 0 Å². The molecule has 1 aromatic rings. The largest absolute Gasteiger partial charge is 0.371 e. The van der Waals surface area contributed by atoms with Crippen LogP contribution in [0.1, 0.15) is 18.4 Å². The molecule has 2 rings (SSSR count). The normalized spacial score (nSPS) is 16.0. The van der Waals surface area contributed by atoms with Gasteiger partial charge in [0.25, 0.3) is 0 Å². The Bertz CT molecular complexity index is 332. The minimum absolute atomic E-state index is 0.822. The van der Waals surface area contributed by atoms with Crippen LogP contribution in [0.15, 0.2) is 18.2 Å². The molecule has 1 N–H and O–H groups in total. The number of halogens is 1. The van der Waals surface area contributed by atoms with E-state index in [4.69, 9.17) is 11.6 Å². The maximum atomic E-state index is 6.01. The summed E-state index contributed by atoms with van der Waals surface area (Å²) in [5.74, 6) is 0. The first-order valence-corrected chi connectivity index (χ1v) is 5.87. The molecule has 1 heterocycles. The molecule has 0 aromatic heterocycles. The summed E-state index contributed by atoms with van der Waals surface area (Å²) in [6.07, 6.45) is 2.61. The number of nitrogens with zero attached hydrogens (tertiary/aromatic N) is 1. The number of benzene rings is 1. The van der Waals surface area contributed by atoms with Crippen LogP contribution in [-0.2, 0) is 6.54 Å². The Morgan fingerprint density at radius 1 is 1.33 bits per heavy atom. The van der Waals surface area contributed by atoms with Crippen molar-refractivity contribution in [3.8, 4) is 0 Å². The molecule has 15 heavy (non-hydrogen) atoms. The maximum Gasteiger partial charge on any atom is 0.0412 e. The van der Waals surface area contributed by atoms with Gasteiger partial charge in [-0.05, 0) is 43.7 Å². The van der Waals surface area contributed by atoms with E-state index >= 15 is 0 Å². The van der Waals surface area contributed by atoms with Crippen molar-refractivity contribution in [3.05, 3.63) is 28.8 Å². The number of nitrogens with one attached hydrogen (secondary N) is 1. The zero-order valence-electron chi connectivity index (χ0n) is 9.09. The molecule has 0 bridgehead atoms. The minimum atomic E-state index is 0.822. The summed E-state index contributed by atoms with van der Waals surface area (Å²) in [7, 11) is 1.97. The van der Waals surface area contributed by atoms with Gasteiger partial charge >= 0.3 is 0 Å². The van der Waals surface area contributed by atoms with Crippen molar-refractivity contribution >= 4 is 17.3 Å². The van der Waals surface area contributed by atoms with Crippen LogP contribution in [0.3, 0.4) is 0 Å². The van der Waals surface area contributed by atoms with Gasteiger partial charge in [0.05, 0.1) is 0 Å². The molecule has 1 fully saturated rings. The van der Waals surface area contributed by atoms with Crippen LogP contribution in [-0.4, -0.2) is 20.1 Å². The average molecular weight is 225 g/mol. The predicted molar refractivity (Wildman–Crippen MR) is 65.7 cm³/mol. The first-order valence-electron chi connectivity index (χ1n) is 5.49. The van der Waals surface area contributed by atoms with Gasteiger partial charge in [-0.2, -0.15) is 0 Å². The van der Waals surface area contributed by atoms with Crippen LogP contribution in [0, 0.1) is 0 Å². The standard InChI is InChI=1S/C12H17ClN2/c1-14-9-10-8-11(13)4-5-12(10)15-6-2-3-7-15/h4-5,8,14H,2-3,6-7,9H2,1H3. The average Bonchev–Trinajstić information content (AvgIpc) is 2.71. The van der Waals surface area contributed by atoms with Gasteiger partial charge in [0.1, 0.15) is 0 Å². The fourth-order valence-electron chi connectivity index (χ4n) is 2.15. The van der Waals surface area contributed by atoms with E-state index in [2.05, 4.69) is 22.3 Å². The summed E-state index contributed by atoms with van der Waals surface area (Å²) in [5, 5.41) is 4.01. The van der Waals surface area contributed by atoms with Crippen LogP contribution in [0.4, 0.5) is 5.69 Å². The Morgan fingerprint density at radius 3 is 2.73 bits per heavy atom. The van der Waals surface area contributed by atoms with Crippen molar-refractivity contribution in [2.45, 2.75) is 19.4 Å². The summed E-state index contributed by atoms with van der Waals surface area (Å²) < 4.78 is 0. The Labute approximate surface area is 96.2 Å². The van der Waals surface area contributed by atoms with Crippen molar-refractivity contribution in [1.82, 2.24) is 5.32 Å². The molecule has 3 heteroatoms. The first kappa shape index (κ1) is 10.8. The fraction of sp³-hybridized carbons (Fsp3) is 0.500. The third-order valence-electron chi connectivity index (χ3n) is 2.86. The molecule has 0 radical (unpaired) electrons. The molecular formula is C12H17ClN2. The van der Waals surface area contributed by atoms with Gasteiger partial charge in [-0.1, -0.05) is 11.6 Å². The molecule has 1 aromatic carbocycles. The van der Waals surface area contributed by atoms with Crippen molar-refractivity contribution < 1.29 is 0 Å². The smallest absolute Gasteiger partial charge is 0.0412 e. The lowest BCUT2D eigenvalue weighted by atomic mass is 10.1. The molecule has 2 nitrogen and oxygen atoms in total. The van der Waals surface area contributed by atoms with Crippen molar-refractivity contribution in [2.24, 2.45) is 0 Å². The highest BCUT2D eigenvalue weighted by Crippen LogP contribution is 2.27. The maximum absolute atomic E-state index is 6.01. The summed E-state index contributed by atoms with van der Waals surface area (Å²) in [6.45, 7) is 3.24. The highest BCUT2D eigenvalue weighted by atomic mass is 35.5. The Balaban J connectivity index is 2.27. The van der Waals surface area contributed by atoms with Crippen LogP contribution in [0.2, 0.25) is 5.02 Å². The van der Waals surface area contributed by atoms with Gasteiger partial charge in [0.2, 0.25) is 0 Å². The van der Waals surface area contributed by atoms with Crippen molar-refractivity contribution in [3.63, 3.8) is 0 Å². The van der Waals surface area contributed by atoms with E-state index in [1.807, 2.05) is 13.1 Å². The zero-order valence-corrected chi connectivity index (χ0v) is 9.85. The SMILES string of the molecule is CNCc1cc(Cl)ccc1N1CCCC1. The molecule has 1 saturated heterocycles. The second-order valence-corrected chi connectivity index (χ2v) is 4.43. The van der Waals surface area contributed by atoms with E-state index in [9.17, 15) is 0 Å². The predicted octanol–water partition coefficient (Wildman–Crippen LogP) is 2.66. The topological polar surface area (TPSA) is 15.3 Å². The van der Waals surface area contributed by atoms with E-state index in [0.29, 0.717) is 0 Å². The zero-order chi connectivity index (χ0) is 10.7. The lowest BCUT2D eigenvalue weighted by Gasteiger charge is -2.21. The van der Waals surface area contributed by atoms with E-state index in [0.717, 1.165) is 11.6 Å². The molecule has 0 saturated carbocycles. The molecule has 0 atom stereocenters. The second-order valence-electron chi connectivity index (χ2n) is 4.00. The third-order valence-corrected chi connectivity index (χ3v) is 3.09. The number of anilines is 1. The fourth-order valence-corrected chi connectivity index (χ4v) is 2.35. The molecular weight excluding hydrogens is 208 g/mol. The van der Waals surface area contributed by atoms with E-state index < -0.39 is 0 Å². The first-order chi connectivity index (χ1) is 7.31. The molecule has 1 aliphatic rings. The van der Waals surface area contributed by atoms with E-state index in [1.165, 1.54) is 37.2 Å². The minimum Gasteiger partial charge on any atom is -0.371 e. The summed E-state index contributed by atoms with van der Waals surface area (Å²) >= 11 is 6.01. The number of rotatable bonds is 3. The quantitative estimate of drug-likeness (QED) is 0.850. The van der Waals surface area contributed by atoms with Crippen LogP contribution in [0.25, 0.3) is 0 Å². The van der Waals surface area contributed by atoms with E-state index in [1.54, 1.807) is 0 Å². The lowest BCUT2D eigenvalue weighted by molar-refractivity contribution is 0.809. The molecule has 0 amide bonds. The van der Waals surface area contributed by atoms with Crippen molar-refractivity contribution in [1.29, 1.82) is 0 Å². The van der Waals surface area contributed by atoms with Gasteiger partial charge in [0, 0.05) is 30.3 Å². The van der Waals surface area contributed by atoms with E-state index in [-0.39, 0.29) is 0 Å². The second kappa shape index (κ2) is 4.86. The Morgan fingerprint density at radius 2 is 2.07 bits per heavy atom. The van der Waals surface area contributed by atoms with Gasteiger partial charge < -0.3 is 10.2 Å². The Hall–Kier alpha value is -0.730. The highest BCUT2D eigenvalue weighted by molar-refractivity contribution is 6.30. The van der Waals surface area contributed by atoms with Gasteiger partial charge in [0.15, 0.2) is 0 Å². The monoisotopic (exact) mass is 224 g/mol. The molecule has 0 spiro atoms. The van der Waals surface area contributed by atoms with Crippen LogP contribution >= 0.6 is 11.6 Å². The summed E-state index contributed by atoms with van der Waals surface area (Å²) in [6, 6.07) is 6.18. The summed E-state index contributed by atoms with van der Waals surface area (Å²) in [5.41, 5.74) is 2.64. The molecule has 82 valence electrons. The van der Waals surface area contributed by atoms with Crippen molar-refractivity contribution in [2.75, 3.05) is 25.0 Å². The van der Waals surface area contributed by atoms with Gasteiger partial charge in [-0.3, -0.25) is 0 Å². The summed E-state index contributed by atoms with van der Waals surface area (Å²) in [4.78, 5) is 2.45. The Kier molecular flexibility index (Phi) is 3.49. The molecule has 0 aliphatic carbocycles. The number of hydrogen-bond acceptors (Lipinski definition) is 2. The molecule has 1 aliphatic heterocycles. The van der Waals surface area contributed by atoms with Gasteiger partial charge in [-0.25, -0.2) is 0 Å². The third kappa shape index (κ3) is 2.44. The lowest BCUT2D eigenvalue weighted by Crippen LogP contribution is -2.20. The highest BCUT2D eigenvalue weighted by Gasteiger charge is 2.15. The molecule has 0 unspecified atom stereocenters.